The third kappa shape index (κ3) is 5.43. The van der Waals surface area contributed by atoms with Crippen LogP contribution >= 0.6 is 0 Å². The molecule has 0 aromatic heterocycles. The first kappa shape index (κ1) is 15.3. The van der Waals surface area contributed by atoms with Gasteiger partial charge in [0.1, 0.15) is 11.6 Å². The molecular weight excluding hydrogens is 200 g/mol. The lowest BCUT2D eigenvalue weighted by atomic mass is 9.80. The maximum absolute atomic E-state index is 11.6. The molecule has 0 bridgehead atoms. The smallest absolute Gasteiger partial charge is 0.133 e. The van der Waals surface area contributed by atoms with Crippen molar-refractivity contribution in [1.29, 1.82) is 0 Å². The quantitative estimate of drug-likeness (QED) is 0.599. The minimum Gasteiger partial charge on any atom is -0.300 e. The van der Waals surface area contributed by atoms with E-state index in [-0.39, 0.29) is 23.4 Å². The molecule has 0 aromatic carbocycles. The highest BCUT2D eigenvalue weighted by atomic mass is 16.1. The lowest BCUT2D eigenvalue weighted by molar-refractivity contribution is -0.130. The molecule has 0 heterocycles. The Balaban J connectivity index is 4.52. The Hall–Kier alpha value is -0.660. The third-order valence-corrected chi connectivity index (χ3v) is 3.27. The fourth-order valence-corrected chi connectivity index (χ4v) is 2.22. The van der Waals surface area contributed by atoms with Gasteiger partial charge in [-0.25, -0.2) is 0 Å². The first-order valence-corrected chi connectivity index (χ1v) is 6.55. The molecule has 2 nitrogen and oxygen atoms in total. The summed E-state index contributed by atoms with van der Waals surface area (Å²) in [7, 11) is 0. The van der Waals surface area contributed by atoms with Gasteiger partial charge in [0.2, 0.25) is 0 Å². The van der Waals surface area contributed by atoms with E-state index in [2.05, 4.69) is 13.8 Å². The van der Waals surface area contributed by atoms with Gasteiger partial charge in [-0.1, -0.05) is 39.5 Å². The fraction of sp³-hybridized carbons (Fsp3) is 0.857. The molecule has 0 saturated carbocycles. The predicted octanol–water partition coefficient (Wildman–Crippen LogP) is 3.78. The van der Waals surface area contributed by atoms with Crippen molar-refractivity contribution in [2.75, 3.05) is 0 Å². The Bertz CT molecular complexity index is 197. The summed E-state index contributed by atoms with van der Waals surface area (Å²) in [6, 6.07) is 0. The molecule has 2 atom stereocenters. The maximum Gasteiger partial charge on any atom is 0.133 e. The van der Waals surface area contributed by atoms with Gasteiger partial charge in [-0.2, -0.15) is 0 Å². The molecule has 0 spiro atoms. The molecule has 0 aromatic rings. The summed E-state index contributed by atoms with van der Waals surface area (Å²) < 4.78 is 0. The van der Waals surface area contributed by atoms with Gasteiger partial charge >= 0.3 is 0 Å². The zero-order chi connectivity index (χ0) is 12.6. The van der Waals surface area contributed by atoms with Gasteiger partial charge in [-0.15, -0.1) is 0 Å². The Morgan fingerprint density at radius 3 is 1.31 bits per heavy atom. The van der Waals surface area contributed by atoms with Crippen LogP contribution in [0.5, 0.6) is 0 Å². The van der Waals surface area contributed by atoms with Gasteiger partial charge < -0.3 is 0 Å². The lowest BCUT2D eigenvalue weighted by Gasteiger charge is -2.22. The molecule has 2 heteroatoms. The number of hydrogen-bond acceptors (Lipinski definition) is 2. The molecule has 0 rings (SSSR count). The Labute approximate surface area is 99.8 Å². The standard InChI is InChI=1S/C14H26O2/c1-5-7-9-13(11(3)15)14(12(4)16)10-8-6-2/h13-14H,5-10H2,1-4H3. The third-order valence-electron chi connectivity index (χ3n) is 3.27. The van der Waals surface area contributed by atoms with Gasteiger partial charge in [0.25, 0.3) is 0 Å². The van der Waals surface area contributed by atoms with Crippen LogP contribution in [0.4, 0.5) is 0 Å². The van der Waals surface area contributed by atoms with Crippen LogP contribution in [-0.2, 0) is 9.59 Å². The van der Waals surface area contributed by atoms with Crippen LogP contribution in [0.1, 0.15) is 66.2 Å². The van der Waals surface area contributed by atoms with Crippen LogP contribution in [0.2, 0.25) is 0 Å². The summed E-state index contributed by atoms with van der Waals surface area (Å²) >= 11 is 0. The van der Waals surface area contributed by atoms with Gasteiger partial charge in [-0.3, -0.25) is 9.59 Å². The van der Waals surface area contributed by atoms with Crippen LogP contribution in [0.25, 0.3) is 0 Å². The average molecular weight is 226 g/mol. The predicted molar refractivity (Wildman–Crippen MR) is 67.4 cm³/mol. The number of rotatable bonds is 9. The molecule has 0 aliphatic carbocycles. The summed E-state index contributed by atoms with van der Waals surface area (Å²) in [5.74, 6) is 0.294. The Morgan fingerprint density at radius 2 is 1.12 bits per heavy atom. The highest BCUT2D eigenvalue weighted by Gasteiger charge is 2.27. The normalized spacial score (nSPS) is 14.5. The molecular formula is C14H26O2. The Kier molecular flexibility index (Phi) is 8.14. The topological polar surface area (TPSA) is 34.1 Å². The Morgan fingerprint density at radius 1 is 0.812 bits per heavy atom. The SMILES string of the molecule is CCCCC(C(C)=O)C(CCCC)C(C)=O. The molecule has 0 aliphatic rings. The second-order valence-electron chi connectivity index (χ2n) is 4.72. The first-order valence-electron chi connectivity index (χ1n) is 6.55. The lowest BCUT2D eigenvalue weighted by Crippen LogP contribution is -2.27. The van der Waals surface area contributed by atoms with Gasteiger partial charge in [0.15, 0.2) is 0 Å². The maximum atomic E-state index is 11.6. The van der Waals surface area contributed by atoms with E-state index in [0.717, 1.165) is 38.5 Å². The zero-order valence-electron chi connectivity index (χ0n) is 11.2. The van der Waals surface area contributed by atoms with Crippen LogP contribution in [0.3, 0.4) is 0 Å². The number of carbonyl (C=O) groups excluding carboxylic acids is 2. The fourth-order valence-electron chi connectivity index (χ4n) is 2.22. The zero-order valence-corrected chi connectivity index (χ0v) is 11.2. The summed E-state index contributed by atoms with van der Waals surface area (Å²) in [5.41, 5.74) is 0. The first-order chi connectivity index (χ1) is 7.54. The van der Waals surface area contributed by atoms with Crippen molar-refractivity contribution in [3.05, 3.63) is 0 Å². The summed E-state index contributed by atoms with van der Waals surface area (Å²) in [6.07, 6.45) is 6.00. The van der Waals surface area contributed by atoms with Gasteiger partial charge in [0.05, 0.1) is 0 Å². The molecule has 0 N–H and O–H groups in total. The van der Waals surface area contributed by atoms with Crippen molar-refractivity contribution in [3.8, 4) is 0 Å². The molecule has 0 saturated heterocycles. The minimum atomic E-state index is -0.0380. The number of unbranched alkanes of at least 4 members (excludes halogenated alkanes) is 2. The summed E-state index contributed by atoms with van der Waals surface area (Å²) in [4.78, 5) is 23.2. The molecule has 0 radical (unpaired) electrons. The highest BCUT2D eigenvalue weighted by molar-refractivity contribution is 5.87. The number of hydrogen-bond donors (Lipinski definition) is 0. The summed E-state index contributed by atoms with van der Waals surface area (Å²) in [6.45, 7) is 7.49. The highest BCUT2D eigenvalue weighted by Crippen LogP contribution is 2.25. The van der Waals surface area contributed by atoms with Gasteiger partial charge in [-0.05, 0) is 26.7 Å². The monoisotopic (exact) mass is 226 g/mol. The van der Waals surface area contributed by atoms with Crippen LogP contribution in [0, 0.1) is 11.8 Å². The van der Waals surface area contributed by atoms with E-state index in [1.54, 1.807) is 13.8 Å². The van der Waals surface area contributed by atoms with E-state index < -0.39 is 0 Å². The van der Waals surface area contributed by atoms with E-state index in [1.165, 1.54) is 0 Å². The second kappa shape index (κ2) is 8.49. The van der Waals surface area contributed by atoms with Crippen molar-refractivity contribution in [2.45, 2.75) is 66.2 Å². The van der Waals surface area contributed by atoms with Crippen LogP contribution < -0.4 is 0 Å². The molecule has 0 amide bonds. The van der Waals surface area contributed by atoms with Crippen LogP contribution in [0.15, 0.2) is 0 Å². The van der Waals surface area contributed by atoms with E-state index in [4.69, 9.17) is 0 Å². The van der Waals surface area contributed by atoms with Crippen molar-refractivity contribution >= 4 is 11.6 Å². The van der Waals surface area contributed by atoms with Crippen molar-refractivity contribution in [2.24, 2.45) is 11.8 Å². The van der Waals surface area contributed by atoms with Gasteiger partial charge in [0, 0.05) is 11.8 Å². The number of ketones is 2. The molecule has 2 unspecified atom stereocenters. The molecule has 0 fully saturated rings. The molecule has 0 aliphatic heterocycles. The molecule has 94 valence electrons. The minimum absolute atomic E-state index is 0.0380. The van der Waals surface area contributed by atoms with E-state index in [9.17, 15) is 9.59 Å². The van der Waals surface area contributed by atoms with Crippen molar-refractivity contribution in [1.82, 2.24) is 0 Å². The average Bonchev–Trinajstić information content (AvgIpc) is 2.21. The van der Waals surface area contributed by atoms with Crippen LogP contribution in [-0.4, -0.2) is 11.6 Å². The van der Waals surface area contributed by atoms with E-state index in [0.29, 0.717) is 0 Å². The number of Topliss-reactive ketones (excluding diaryl/α,β-unsaturated/α-hetero) is 2. The van der Waals surface area contributed by atoms with Crippen molar-refractivity contribution < 1.29 is 9.59 Å². The second-order valence-corrected chi connectivity index (χ2v) is 4.72. The number of carbonyl (C=O) groups is 2. The van der Waals surface area contributed by atoms with Crippen molar-refractivity contribution in [3.63, 3.8) is 0 Å². The summed E-state index contributed by atoms with van der Waals surface area (Å²) in [5, 5.41) is 0. The van der Waals surface area contributed by atoms with E-state index in [1.807, 2.05) is 0 Å². The van der Waals surface area contributed by atoms with E-state index >= 15 is 0 Å². The largest absolute Gasteiger partial charge is 0.300 e. The molecule has 16 heavy (non-hydrogen) atoms.